The highest BCUT2D eigenvalue weighted by Crippen LogP contribution is 2.45. The fraction of sp³-hybridized carbons (Fsp3) is 0.143. The van der Waals surface area contributed by atoms with Crippen LogP contribution in [0.2, 0.25) is 5.02 Å². The van der Waals surface area contributed by atoms with Gasteiger partial charge >= 0.3 is 7.52 Å². The smallest absolute Gasteiger partial charge is 0.338 e. The van der Waals surface area contributed by atoms with Crippen LogP contribution in [0.25, 0.3) is 0 Å². The Kier molecular flexibility index (Phi) is 4.18. The minimum atomic E-state index is -3.02. The zero-order chi connectivity index (χ0) is 13.9. The lowest BCUT2D eigenvalue weighted by Gasteiger charge is -2.18. The molecule has 0 aliphatic heterocycles. The third kappa shape index (κ3) is 4.02. The molecule has 2 rings (SSSR count). The van der Waals surface area contributed by atoms with Crippen molar-refractivity contribution in [3.63, 3.8) is 0 Å². The third-order valence-corrected chi connectivity index (χ3v) is 3.99. The van der Waals surface area contributed by atoms with Crippen LogP contribution in [0.15, 0.2) is 48.5 Å². The van der Waals surface area contributed by atoms with Crippen molar-refractivity contribution in [2.45, 2.75) is 6.92 Å². The van der Waals surface area contributed by atoms with Gasteiger partial charge in [-0.25, -0.2) is 0 Å². The minimum absolute atomic E-state index is 0.427. The van der Waals surface area contributed by atoms with E-state index in [0.29, 0.717) is 10.8 Å². The Bertz CT molecular complexity index is 616. The number of halogens is 1. The maximum absolute atomic E-state index is 12.4. The van der Waals surface area contributed by atoms with Crippen LogP contribution in [0, 0.1) is 6.92 Å². The van der Waals surface area contributed by atoms with Crippen molar-refractivity contribution in [2.24, 2.45) is 0 Å². The highest BCUT2D eigenvalue weighted by Gasteiger charge is 2.18. The quantitative estimate of drug-likeness (QED) is 0.810. The van der Waals surface area contributed by atoms with E-state index in [1.54, 1.807) is 12.1 Å². The van der Waals surface area contributed by atoms with Gasteiger partial charge in [0.2, 0.25) is 0 Å². The largest absolute Gasteiger partial charge is 0.427 e. The number of hydrogen-bond acceptors (Lipinski definition) is 2. The van der Waals surface area contributed by atoms with Gasteiger partial charge in [0.25, 0.3) is 0 Å². The molecular formula is C14H15ClNO2P. The molecule has 3 nitrogen and oxygen atoms in total. The summed E-state index contributed by atoms with van der Waals surface area (Å²) < 4.78 is 18.0. The molecule has 1 N–H and O–H groups in total. The van der Waals surface area contributed by atoms with E-state index in [-0.39, 0.29) is 0 Å². The Morgan fingerprint density at radius 3 is 2.53 bits per heavy atom. The Balaban J connectivity index is 2.17. The molecule has 0 unspecified atom stereocenters. The van der Waals surface area contributed by atoms with Gasteiger partial charge in [0.15, 0.2) is 0 Å². The first-order chi connectivity index (χ1) is 8.96. The van der Waals surface area contributed by atoms with E-state index in [0.717, 1.165) is 11.3 Å². The molecule has 0 saturated carbocycles. The van der Waals surface area contributed by atoms with Crippen LogP contribution in [0.5, 0.6) is 5.75 Å². The van der Waals surface area contributed by atoms with Crippen LogP contribution in [0.3, 0.4) is 0 Å². The number of rotatable bonds is 4. The van der Waals surface area contributed by atoms with Crippen LogP contribution >= 0.6 is 19.1 Å². The summed E-state index contributed by atoms with van der Waals surface area (Å²) in [5.41, 5.74) is 1.75. The average Bonchev–Trinajstić information content (AvgIpc) is 2.34. The standard InChI is InChI=1S/C14H15ClNO2P/c1-11-8-9-13(15)14(10-11)18-19(2,17)16-12-6-4-3-5-7-12/h3-10H,1-2H3,(H,16,17)/t19-/m1/s1. The molecule has 0 aliphatic carbocycles. The van der Waals surface area contributed by atoms with Crippen LogP contribution in [0.1, 0.15) is 5.56 Å². The van der Waals surface area contributed by atoms with Gasteiger partial charge in [0.1, 0.15) is 5.75 Å². The van der Waals surface area contributed by atoms with Crippen molar-refractivity contribution in [1.29, 1.82) is 0 Å². The zero-order valence-electron chi connectivity index (χ0n) is 10.8. The van der Waals surface area contributed by atoms with Gasteiger partial charge in [-0.2, -0.15) is 0 Å². The lowest BCUT2D eigenvalue weighted by molar-refractivity contribution is 0.493. The van der Waals surface area contributed by atoms with Gasteiger partial charge in [0, 0.05) is 12.4 Å². The fourth-order valence-corrected chi connectivity index (χ4v) is 3.04. The molecule has 0 radical (unpaired) electrons. The molecule has 1 atom stereocenters. The maximum atomic E-state index is 12.4. The molecular weight excluding hydrogens is 281 g/mol. The normalized spacial score (nSPS) is 13.6. The number of benzene rings is 2. The summed E-state index contributed by atoms with van der Waals surface area (Å²) in [6.07, 6.45) is 0. The van der Waals surface area contributed by atoms with E-state index in [2.05, 4.69) is 5.09 Å². The molecule has 0 fully saturated rings. The highest BCUT2D eigenvalue weighted by molar-refractivity contribution is 7.60. The summed E-state index contributed by atoms with van der Waals surface area (Å²) in [6.45, 7) is 3.45. The lowest BCUT2D eigenvalue weighted by Crippen LogP contribution is -2.02. The van der Waals surface area contributed by atoms with Gasteiger partial charge in [-0.3, -0.25) is 4.57 Å². The second-order valence-corrected chi connectivity index (χ2v) is 6.85. The van der Waals surface area contributed by atoms with Crippen molar-refractivity contribution in [3.05, 3.63) is 59.1 Å². The van der Waals surface area contributed by atoms with Gasteiger partial charge in [-0.1, -0.05) is 35.9 Å². The van der Waals surface area contributed by atoms with E-state index in [4.69, 9.17) is 16.1 Å². The molecule has 100 valence electrons. The van der Waals surface area contributed by atoms with E-state index in [9.17, 15) is 4.57 Å². The summed E-state index contributed by atoms with van der Waals surface area (Å²) in [5.74, 6) is 0.427. The fourth-order valence-electron chi connectivity index (χ4n) is 1.64. The van der Waals surface area contributed by atoms with Crippen LogP contribution in [-0.2, 0) is 4.57 Å². The molecule has 0 spiro atoms. The van der Waals surface area contributed by atoms with E-state index in [1.807, 2.05) is 43.3 Å². The molecule has 0 amide bonds. The Morgan fingerprint density at radius 1 is 1.16 bits per heavy atom. The van der Waals surface area contributed by atoms with E-state index >= 15 is 0 Å². The van der Waals surface area contributed by atoms with Crippen molar-refractivity contribution in [2.75, 3.05) is 11.8 Å². The van der Waals surface area contributed by atoms with Crippen LogP contribution in [-0.4, -0.2) is 6.66 Å². The zero-order valence-corrected chi connectivity index (χ0v) is 12.4. The Hall–Kier alpha value is -1.44. The predicted molar refractivity (Wildman–Crippen MR) is 80.4 cm³/mol. The average molecular weight is 296 g/mol. The van der Waals surface area contributed by atoms with Gasteiger partial charge in [-0.05, 0) is 36.8 Å². The second-order valence-electron chi connectivity index (χ2n) is 4.35. The number of anilines is 1. The molecule has 2 aromatic carbocycles. The van der Waals surface area contributed by atoms with Crippen molar-refractivity contribution in [3.8, 4) is 5.75 Å². The highest BCUT2D eigenvalue weighted by atomic mass is 35.5. The monoisotopic (exact) mass is 295 g/mol. The van der Waals surface area contributed by atoms with Crippen molar-refractivity contribution >= 4 is 24.8 Å². The first-order valence-corrected chi connectivity index (χ1v) is 8.28. The molecule has 2 aromatic rings. The summed E-state index contributed by atoms with van der Waals surface area (Å²) >= 11 is 6.03. The summed E-state index contributed by atoms with van der Waals surface area (Å²) in [4.78, 5) is 0. The number of para-hydroxylation sites is 1. The van der Waals surface area contributed by atoms with Gasteiger partial charge in [-0.15, -0.1) is 0 Å². The lowest BCUT2D eigenvalue weighted by atomic mass is 10.2. The van der Waals surface area contributed by atoms with Crippen LogP contribution < -0.4 is 9.61 Å². The van der Waals surface area contributed by atoms with E-state index < -0.39 is 7.52 Å². The predicted octanol–water partition coefficient (Wildman–Crippen LogP) is 4.96. The molecule has 5 heteroatoms. The van der Waals surface area contributed by atoms with Crippen molar-refractivity contribution in [1.82, 2.24) is 0 Å². The molecule has 0 bridgehead atoms. The summed E-state index contributed by atoms with van der Waals surface area (Å²) in [5, 5.41) is 3.33. The number of hydrogen-bond donors (Lipinski definition) is 1. The topological polar surface area (TPSA) is 38.3 Å². The van der Waals surface area contributed by atoms with E-state index in [1.165, 1.54) is 6.66 Å². The van der Waals surface area contributed by atoms with Gasteiger partial charge < -0.3 is 9.61 Å². The second kappa shape index (κ2) is 5.68. The number of aryl methyl sites for hydroxylation is 1. The Labute approximate surface area is 118 Å². The summed E-state index contributed by atoms with van der Waals surface area (Å²) in [6, 6.07) is 14.7. The van der Waals surface area contributed by atoms with Gasteiger partial charge in [0.05, 0.1) is 5.02 Å². The molecule has 19 heavy (non-hydrogen) atoms. The first kappa shape index (κ1) is 14.0. The SMILES string of the molecule is Cc1ccc(Cl)c(O[P@@](C)(=O)Nc2ccccc2)c1. The third-order valence-electron chi connectivity index (χ3n) is 2.47. The molecule has 0 aliphatic rings. The molecule has 0 saturated heterocycles. The van der Waals surface area contributed by atoms with Crippen molar-refractivity contribution < 1.29 is 9.09 Å². The summed E-state index contributed by atoms with van der Waals surface area (Å²) in [7, 11) is -3.02. The minimum Gasteiger partial charge on any atom is -0.427 e. The van der Waals surface area contributed by atoms with Crippen LogP contribution in [0.4, 0.5) is 5.69 Å². The maximum Gasteiger partial charge on any atom is 0.338 e. The number of nitrogens with one attached hydrogen (secondary N) is 1. The first-order valence-electron chi connectivity index (χ1n) is 5.83. The molecule has 0 aromatic heterocycles. The molecule has 0 heterocycles. The Morgan fingerprint density at radius 2 is 1.84 bits per heavy atom.